The number of anilines is 3. The molecule has 426 valence electrons. The van der Waals surface area contributed by atoms with Crippen molar-refractivity contribution >= 4 is 51.0 Å². The van der Waals surface area contributed by atoms with Gasteiger partial charge in [-0.2, -0.15) is 0 Å². The Kier molecular flexibility index (Phi) is 14.7. The van der Waals surface area contributed by atoms with Crippen molar-refractivity contribution in [2.75, 3.05) is 11.5 Å². The van der Waals surface area contributed by atoms with Crippen LogP contribution in [0.2, 0.25) is 0 Å². The predicted octanol–water partition coefficient (Wildman–Crippen LogP) is 23.1. The summed E-state index contributed by atoms with van der Waals surface area (Å²) >= 11 is 0. The van der Waals surface area contributed by atoms with Gasteiger partial charge in [0.05, 0.1) is 17.6 Å². The first kappa shape index (κ1) is 55.4. The monoisotopic (exact) mass is 1130 g/mol. The van der Waals surface area contributed by atoms with E-state index in [1.54, 1.807) is 0 Å². The number of unbranched alkanes of at least 4 members (excludes halogenated alkanes) is 1. The molecule has 3 nitrogen and oxygen atoms in total. The van der Waals surface area contributed by atoms with Crippen LogP contribution in [0.15, 0.2) is 298 Å². The van der Waals surface area contributed by atoms with Gasteiger partial charge < -0.3 is 14.2 Å². The van der Waals surface area contributed by atoms with Crippen LogP contribution in [0, 0.1) is 0 Å². The maximum absolute atomic E-state index is 6.47. The zero-order chi connectivity index (χ0) is 59.8. The van der Waals surface area contributed by atoms with Crippen molar-refractivity contribution in [1.82, 2.24) is 4.57 Å². The second-order valence-electron chi connectivity index (χ2n) is 24.4. The molecule has 0 N–H and O–H groups in total. The molecular formula is C85H70N2O. The predicted molar refractivity (Wildman–Crippen MR) is 374 cm³/mol. The van der Waals surface area contributed by atoms with Crippen molar-refractivity contribution in [3.05, 3.63) is 332 Å². The van der Waals surface area contributed by atoms with Crippen LogP contribution in [-0.2, 0) is 10.8 Å². The molecule has 0 radical (unpaired) electrons. The Labute approximate surface area is 518 Å². The third-order valence-corrected chi connectivity index (χ3v) is 18.1. The van der Waals surface area contributed by atoms with E-state index in [0.717, 1.165) is 70.0 Å². The van der Waals surface area contributed by atoms with E-state index in [0.29, 0.717) is 6.61 Å². The van der Waals surface area contributed by atoms with Crippen LogP contribution >= 0.6 is 0 Å². The van der Waals surface area contributed by atoms with Gasteiger partial charge in [0, 0.05) is 38.9 Å². The lowest BCUT2D eigenvalue weighted by atomic mass is 9.69. The van der Waals surface area contributed by atoms with Gasteiger partial charge in [0.15, 0.2) is 0 Å². The lowest BCUT2D eigenvalue weighted by Crippen LogP contribution is -2.27. The van der Waals surface area contributed by atoms with Crippen molar-refractivity contribution in [1.29, 1.82) is 0 Å². The van der Waals surface area contributed by atoms with Crippen LogP contribution in [-0.4, -0.2) is 11.2 Å². The molecule has 0 saturated heterocycles. The Morgan fingerprint density at radius 3 is 1.39 bits per heavy atom. The Balaban J connectivity index is 0.830. The maximum atomic E-state index is 6.47. The highest BCUT2D eigenvalue weighted by Gasteiger charge is 2.44. The molecule has 0 saturated carbocycles. The normalized spacial score (nSPS) is 13.5. The third-order valence-electron chi connectivity index (χ3n) is 18.1. The van der Waals surface area contributed by atoms with E-state index in [2.05, 4.69) is 329 Å². The molecule has 1 aromatic heterocycles. The van der Waals surface area contributed by atoms with E-state index in [1.165, 1.54) is 88.6 Å². The van der Waals surface area contributed by atoms with E-state index in [1.807, 2.05) is 12.2 Å². The number of para-hydroxylation sites is 1. The topological polar surface area (TPSA) is 17.4 Å². The molecule has 1 unspecified atom stereocenters. The van der Waals surface area contributed by atoms with E-state index in [9.17, 15) is 0 Å². The number of aromatic nitrogens is 1. The van der Waals surface area contributed by atoms with E-state index in [4.69, 9.17) is 4.74 Å². The minimum absolute atomic E-state index is 0.0784. The average molecular weight is 1140 g/mol. The largest absolute Gasteiger partial charge is 0.494 e. The molecule has 0 spiro atoms. The second-order valence-corrected chi connectivity index (χ2v) is 24.4. The number of hydrogen-bond donors (Lipinski definition) is 0. The van der Waals surface area contributed by atoms with Crippen LogP contribution in [0.5, 0.6) is 5.75 Å². The Morgan fingerprint density at radius 2 is 0.852 bits per heavy atom. The molecule has 0 bridgehead atoms. The van der Waals surface area contributed by atoms with Gasteiger partial charge in [-0.3, -0.25) is 0 Å². The number of hydrogen-bond acceptors (Lipinski definition) is 2. The maximum Gasteiger partial charge on any atom is 0.119 e. The van der Waals surface area contributed by atoms with Gasteiger partial charge in [-0.25, -0.2) is 0 Å². The summed E-state index contributed by atoms with van der Waals surface area (Å²) in [7, 11) is 0. The zero-order valence-corrected chi connectivity index (χ0v) is 50.3. The van der Waals surface area contributed by atoms with Gasteiger partial charge in [-0.05, 0) is 199 Å². The van der Waals surface area contributed by atoms with Gasteiger partial charge in [0.2, 0.25) is 0 Å². The second kappa shape index (κ2) is 23.4. The molecule has 1 atom stereocenters. The smallest absolute Gasteiger partial charge is 0.119 e. The van der Waals surface area contributed by atoms with E-state index >= 15 is 0 Å². The van der Waals surface area contributed by atoms with E-state index in [-0.39, 0.29) is 5.41 Å². The highest BCUT2D eigenvalue weighted by atomic mass is 16.5. The summed E-state index contributed by atoms with van der Waals surface area (Å²) < 4.78 is 8.87. The molecule has 13 aromatic rings. The standard InChI is InChI=1S/C85H70N2O/c1-6-59-24-28-61(29-25-59)64-38-49-75(50-39-64)88-55-17-16-54-85(70-18-10-8-11-19-70)80-23-15-14-22-76(80)77-51-48-74(58-81(77)85)86(72-44-34-63(35-45-72)62-32-42-69(43-33-62)84(3,4)5)73-46-36-66(37-47-73)68-41-53-83-79(57-68)78-56-67(65-30-26-60(7-2)27-31-65)40-52-82(78)87(83)71-20-12-9-13-21-71/h6-15,18-53,56-58H,1-2,16-17,54-55H2,3-5H3. The Morgan fingerprint density at radius 1 is 0.409 bits per heavy atom. The summed E-state index contributed by atoms with van der Waals surface area (Å²) in [6.45, 7) is 15.3. The van der Waals surface area contributed by atoms with Crippen LogP contribution in [0.25, 0.3) is 95.3 Å². The van der Waals surface area contributed by atoms with Gasteiger partial charge in [-0.15, -0.1) is 0 Å². The fourth-order valence-electron chi connectivity index (χ4n) is 13.4. The molecule has 88 heavy (non-hydrogen) atoms. The van der Waals surface area contributed by atoms with Crippen molar-refractivity contribution in [2.24, 2.45) is 0 Å². The minimum Gasteiger partial charge on any atom is -0.494 e. The van der Waals surface area contributed by atoms with E-state index < -0.39 is 5.41 Å². The lowest BCUT2D eigenvalue weighted by molar-refractivity contribution is 0.301. The fourth-order valence-corrected chi connectivity index (χ4v) is 13.4. The first-order valence-corrected chi connectivity index (χ1v) is 30.9. The van der Waals surface area contributed by atoms with Gasteiger partial charge >= 0.3 is 0 Å². The molecule has 0 aliphatic heterocycles. The van der Waals surface area contributed by atoms with Crippen molar-refractivity contribution in [2.45, 2.75) is 50.9 Å². The molecule has 0 fully saturated rings. The minimum atomic E-state index is -0.399. The van der Waals surface area contributed by atoms with Gasteiger partial charge in [0.1, 0.15) is 5.75 Å². The van der Waals surface area contributed by atoms with Crippen LogP contribution in [0.1, 0.15) is 73.4 Å². The highest BCUT2D eigenvalue weighted by molar-refractivity contribution is 6.11. The summed E-state index contributed by atoms with van der Waals surface area (Å²) in [6.07, 6.45) is 6.57. The number of ether oxygens (including phenoxy) is 1. The quantitative estimate of drug-likeness (QED) is 0.0846. The molecule has 0 amide bonds. The first-order chi connectivity index (χ1) is 43.1. The van der Waals surface area contributed by atoms with Crippen LogP contribution in [0.3, 0.4) is 0 Å². The molecule has 14 rings (SSSR count). The van der Waals surface area contributed by atoms with Gasteiger partial charge in [0.25, 0.3) is 0 Å². The number of rotatable bonds is 17. The van der Waals surface area contributed by atoms with Crippen molar-refractivity contribution in [3.63, 3.8) is 0 Å². The SMILES string of the molecule is C=Cc1ccc(-c2ccc(OCCCCC3(c4ccccc4)c4ccccc4-c4ccc(N(c5ccc(-c6ccc(C(C)(C)C)cc6)cc5)c5ccc(-c6ccc7c(c6)c6cc(-c8ccc(C=C)cc8)ccc6n7-c6ccccc6)cc5)cc43)cc2)cc1. The first-order valence-electron chi connectivity index (χ1n) is 30.9. The summed E-state index contributed by atoms with van der Waals surface area (Å²) in [6, 6.07) is 105. The number of nitrogens with zero attached hydrogens (tertiary/aromatic N) is 2. The Hall–Kier alpha value is -10.5. The molecule has 1 aliphatic carbocycles. The van der Waals surface area contributed by atoms with Crippen molar-refractivity contribution < 1.29 is 4.74 Å². The summed E-state index contributed by atoms with van der Waals surface area (Å²) in [4.78, 5) is 2.45. The summed E-state index contributed by atoms with van der Waals surface area (Å²) in [5, 5.41) is 2.43. The molecule has 1 aliphatic rings. The fraction of sp³-hybridized carbons (Fsp3) is 0.106. The highest BCUT2D eigenvalue weighted by Crippen LogP contribution is 2.56. The third kappa shape index (κ3) is 10.4. The molecule has 12 aromatic carbocycles. The summed E-state index contributed by atoms with van der Waals surface area (Å²) in [5.41, 5.74) is 26.0. The number of benzene rings is 12. The lowest BCUT2D eigenvalue weighted by Gasteiger charge is -2.34. The van der Waals surface area contributed by atoms with Crippen LogP contribution in [0.4, 0.5) is 17.1 Å². The van der Waals surface area contributed by atoms with Crippen LogP contribution < -0.4 is 9.64 Å². The molecule has 1 heterocycles. The zero-order valence-electron chi connectivity index (χ0n) is 50.3. The number of fused-ring (bicyclic) bond motifs is 6. The molecule has 3 heteroatoms. The average Bonchev–Trinajstić information content (AvgIpc) is 1.58. The molecular weight excluding hydrogens is 1060 g/mol. The summed E-state index contributed by atoms with van der Waals surface area (Å²) in [5.74, 6) is 0.888. The van der Waals surface area contributed by atoms with Gasteiger partial charge in [-0.1, -0.05) is 246 Å². The Bertz CT molecular complexity index is 4650. The van der Waals surface area contributed by atoms with Crippen molar-refractivity contribution in [3.8, 4) is 67.1 Å².